The van der Waals surface area contributed by atoms with E-state index in [-0.39, 0.29) is 0 Å². The lowest BCUT2D eigenvalue weighted by atomic mass is 9.86. The van der Waals surface area contributed by atoms with Crippen LogP contribution in [0.3, 0.4) is 0 Å². The van der Waals surface area contributed by atoms with E-state index in [1.54, 1.807) is 20.3 Å². The number of nitrogens with zero attached hydrogens (tertiary/aromatic N) is 1. The van der Waals surface area contributed by atoms with Gasteiger partial charge in [0.15, 0.2) is 0 Å². The fraction of sp³-hybridized carbons (Fsp3) is 0.588. The van der Waals surface area contributed by atoms with E-state index in [0.29, 0.717) is 0 Å². The van der Waals surface area contributed by atoms with Gasteiger partial charge in [-0.1, -0.05) is 26.2 Å². The molecule has 114 valence electrons. The highest BCUT2D eigenvalue weighted by atomic mass is 16.5. The number of rotatable bonds is 6. The van der Waals surface area contributed by atoms with Gasteiger partial charge in [0.25, 0.3) is 0 Å². The zero-order chi connectivity index (χ0) is 15.3. The van der Waals surface area contributed by atoms with Crippen LogP contribution in [-0.4, -0.2) is 20.3 Å². The molecule has 1 aliphatic rings. The van der Waals surface area contributed by atoms with Crippen molar-refractivity contribution in [3.05, 3.63) is 23.3 Å². The lowest BCUT2D eigenvalue weighted by Gasteiger charge is -2.26. The summed E-state index contributed by atoms with van der Waals surface area (Å²) in [5.41, 5.74) is 1.58. The highest BCUT2D eigenvalue weighted by Crippen LogP contribution is 2.47. The third-order valence-corrected chi connectivity index (χ3v) is 4.31. The minimum absolute atomic E-state index is 0.495. The highest BCUT2D eigenvalue weighted by molar-refractivity contribution is 5.51. The van der Waals surface area contributed by atoms with Crippen LogP contribution < -0.4 is 9.47 Å². The Morgan fingerprint density at radius 1 is 1.19 bits per heavy atom. The average molecular weight is 289 g/mol. The molecule has 0 aliphatic heterocycles. The molecule has 0 bridgehead atoms. The minimum atomic E-state index is -0.495. The van der Waals surface area contributed by atoms with Crippen molar-refractivity contribution in [2.45, 2.75) is 51.0 Å². The molecule has 0 N–H and O–H groups in total. The molecular formula is C17H23NO3. The topological polar surface area (TPSA) is 47.9 Å². The number of benzene rings is 1. The number of hydrogen-bond acceptors (Lipinski definition) is 4. The molecule has 2 rings (SSSR count). The van der Waals surface area contributed by atoms with Crippen LogP contribution in [0.15, 0.2) is 17.1 Å². The molecule has 0 spiro atoms. The van der Waals surface area contributed by atoms with Crippen LogP contribution >= 0.6 is 0 Å². The Hall–Kier alpha value is -1.80. The number of carbonyl (C=O) groups excluding carboxylic acids is 1. The standard InChI is InChI=1S/C17H23NO3/c1-4-7-13-10-16(21-3)14(11-15(13)20-2)17(18-12-19)8-5-6-9-17/h10-11H,4-9H2,1-3H3. The number of ether oxygens (including phenoxy) is 2. The van der Waals surface area contributed by atoms with Crippen LogP contribution in [0.1, 0.15) is 50.2 Å². The predicted octanol–water partition coefficient (Wildman–Crippen LogP) is 3.76. The summed E-state index contributed by atoms with van der Waals surface area (Å²) >= 11 is 0. The number of aliphatic imine (C=N–C) groups is 1. The van der Waals surface area contributed by atoms with Gasteiger partial charge in [-0.05, 0) is 37.0 Å². The van der Waals surface area contributed by atoms with Gasteiger partial charge in [0, 0.05) is 5.56 Å². The van der Waals surface area contributed by atoms with Crippen molar-refractivity contribution in [3.8, 4) is 11.5 Å². The second kappa shape index (κ2) is 6.77. The molecule has 1 aromatic rings. The first kappa shape index (κ1) is 15.6. The van der Waals surface area contributed by atoms with Crippen molar-refractivity contribution in [3.63, 3.8) is 0 Å². The number of methoxy groups -OCH3 is 2. The van der Waals surface area contributed by atoms with Crippen molar-refractivity contribution in [2.24, 2.45) is 4.99 Å². The van der Waals surface area contributed by atoms with Gasteiger partial charge in [0.1, 0.15) is 17.0 Å². The molecule has 0 heterocycles. The Labute approximate surface area is 126 Å². The number of hydrogen-bond donors (Lipinski definition) is 0. The molecule has 4 nitrogen and oxygen atoms in total. The summed E-state index contributed by atoms with van der Waals surface area (Å²) in [4.78, 5) is 15.0. The van der Waals surface area contributed by atoms with E-state index >= 15 is 0 Å². The largest absolute Gasteiger partial charge is 0.496 e. The van der Waals surface area contributed by atoms with Crippen molar-refractivity contribution in [1.82, 2.24) is 0 Å². The average Bonchev–Trinajstić information content (AvgIpc) is 2.97. The zero-order valence-electron chi connectivity index (χ0n) is 13.1. The summed E-state index contributed by atoms with van der Waals surface area (Å²) in [6.07, 6.45) is 7.57. The Bertz CT molecular complexity index is 541. The smallest absolute Gasteiger partial charge is 0.235 e. The number of aryl methyl sites for hydroxylation is 1. The summed E-state index contributed by atoms with van der Waals surface area (Å²) in [5, 5.41) is 0. The summed E-state index contributed by atoms with van der Waals surface area (Å²) < 4.78 is 11.1. The van der Waals surface area contributed by atoms with E-state index in [4.69, 9.17) is 9.47 Å². The first-order valence-corrected chi connectivity index (χ1v) is 7.55. The maximum absolute atomic E-state index is 10.9. The van der Waals surface area contributed by atoms with Crippen LogP contribution in [0, 0.1) is 0 Å². The monoisotopic (exact) mass is 289 g/mol. The summed E-state index contributed by atoms with van der Waals surface area (Å²) in [5.74, 6) is 1.64. The van der Waals surface area contributed by atoms with E-state index in [1.165, 1.54) is 0 Å². The molecule has 0 unspecified atom stereocenters. The fourth-order valence-corrected chi connectivity index (χ4v) is 3.28. The quantitative estimate of drug-likeness (QED) is 0.591. The normalized spacial score (nSPS) is 16.3. The van der Waals surface area contributed by atoms with Gasteiger partial charge >= 0.3 is 0 Å². The predicted molar refractivity (Wildman–Crippen MR) is 81.8 cm³/mol. The molecule has 1 fully saturated rings. The minimum Gasteiger partial charge on any atom is -0.496 e. The van der Waals surface area contributed by atoms with Crippen molar-refractivity contribution >= 4 is 6.08 Å². The summed E-state index contributed by atoms with van der Waals surface area (Å²) in [6, 6.07) is 4.02. The third kappa shape index (κ3) is 2.96. The lowest BCUT2D eigenvalue weighted by molar-refractivity contribution is 0.369. The van der Waals surface area contributed by atoms with Crippen LogP contribution in [0.4, 0.5) is 0 Å². The van der Waals surface area contributed by atoms with Crippen LogP contribution in [0.5, 0.6) is 11.5 Å². The summed E-state index contributed by atoms with van der Waals surface area (Å²) in [7, 11) is 3.34. The second-order valence-corrected chi connectivity index (χ2v) is 5.56. The van der Waals surface area contributed by atoms with Gasteiger partial charge in [-0.15, -0.1) is 0 Å². The SMILES string of the molecule is CCCc1cc(OC)c(C2(N=C=O)CCCC2)cc1OC. The first-order valence-electron chi connectivity index (χ1n) is 7.55. The van der Waals surface area contributed by atoms with E-state index < -0.39 is 5.54 Å². The molecule has 1 aliphatic carbocycles. The molecule has 0 aromatic heterocycles. The first-order chi connectivity index (χ1) is 10.2. The van der Waals surface area contributed by atoms with Crippen molar-refractivity contribution < 1.29 is 14.3 Å². The molecule has 21 heavy (non-hydrogen) atoms. The lowest BCUT2D eigenvalue weighted by Crippen LogP contribution is -2.20. The van der Waals surface area contributed by atoms with Gasteiger partial charge in [-0.3, -0.25) is 0 Å². The molecule has 0 radical (unpaired) electrons. The Morgan fingerprint density at radius 3 is 2.38 bits per heavy atom. The van der Waals surface area contributed by atoms with Crippen molar-refractivity contribution in [1.29, 1.82) is 0 Å². The number of isocyanates is 1. The van der Waals surface area contributed by atoms with Gasteiger partial charge in [-0.25, -0.2) is 4.79 Å². The van der Waals surface area contributed by atoms with Gasteiger partial charge in [0.2, 0.25) is 6.08 Å². The maximum atomic E-state index is 10.9. The van der Waals surface area contributed by atoms with E-state index in [9.17, 15) is 4.79 Å². The Morgan fingerprint density at radius 2 is 1.86 bits per heavy atom. The van der Waals surface area contributed by atoms with Crippen LogP contribution in [0.2, 0.25) is 0 Å². The second-order valence-electron chi connectivity index (χ2n) is 5.56. The highest BCUT2D eigenvalue weighted by Gasteiger charge is 2.38. The molecule has 0 atom stereocenters. The van der Waals surface area contributed by atoms with Gasteiger partial charge in [0.05, 0.1) is 14.2 Å². The third-order valence-electron chi connectivity index (χ3n) is 4.31. The van der Waals surface area contributed by atoms with Gasteiger partial charge in [-0.2, -0.15) is 4.99 Å². The fourth-order valence-electron chi connectivity index (χ4n) is 3.28. The van der Waals surface area contributed by atoms with Crippen LogP contribution in [0.25, 0.3) is 0 Å². The van der Waals surface area contributed by atoms with E-state index in [1.807, 2.05) is 12.1 Å². The molecule has 1 aromatic carbocycles. The van der Waals surface area contributed by atoms with Crippen molar-refractivity contribution in [2.75, 3.05) is 14.2 Å². The Balaban J connectivity index is 2.58. The zero-order valence-corrected chi connectivity index (χ0v) is 13.1. The molecule has 0 amide bonds. The van der Waals surface area contributed by atoms with E-state index in [0.717, 1.165) is 61.2 Å². The molecule has 0 saturated heterocycles. The summed E-state index contributed by atoms with van der Waals surface area (Å²) in [6.45, 7) is 2.13. The van der Waals surface area contributed by atoms with E-state index in [2.05, 4.69) is 11.9 Å². The Kier molecular flexibility index (Phi) is 5.03. The van der Waals surface area contributed by atoms with Gasteiger partial charge < -0.3 is 9.47 Å². The molecule has 1 saturated carbocycles. The molecule has 4 heteroatoms. The van der Waals surface area contributed by atoms with Crippen LogP contribution in [-0.2, 0) is 16.8 Å². The maximum Gasteiger partial charge on any atom is 0.235 e. The molecular weight excluding hydrogens is 266 g/mol.